The quantitative estimate of drug-likeness (QED) is 0.738. The Balaban J connectivity index is 1.58. The number of rotatable bonds is 4. The molecule has 2 aromatic heterocycles. The molecule has 134 valence electrons. The standard InChI is InChI=1S/C19H19ClN4O2/c20-13-4-5-16-14(11-13)15(12-22-16)18(19(25)26)24-9-7-23(8-10-24)17-3-1-2-6-21-17/h1-6,11-12,18,22H,7-10H2,(H,25,26)/t18-/m1/s1. The highest BCUT2D eigenvalue weighted by molar-refractivity contribution is 6.31. The van der Waals surface area contributed by atoms with E-state index in [9.17, 15) is 9.90 Å². The largest absolute Gasteiger partial charge is 0.480 e. The van der Waals surface area contributed by atoms with Crippen LogP contribution in [0.2, 0.25) is 5.02 Å². The molecule has 0 saturated carbocycles. The molecule has 0 spiro atoms. The van der Waals surface area contributed by atoms with Crippen molar-refractivity contribution in [1.82, 2.24) is 14.9 Å². The number of carboxylic acids is 1. The van der Waals surface area contributed by atoms with Crippen molar-refractivity contribution in [3.05, 3.63) is 59.4 Å². The molecule has 26 heavy (non-hydrogen) atoms. The molecule has 7 heteroatoms. The Hall–Kier alpha value is -2.57. The zero-order valence-corrected chi connectivity index (χ0v) is 14.9. The van der Waals surface area contributed by atoms with Crippen LogP contribution in [0.25, 0.3) is 10.9 Å². The Kier molecular flexibility index (Phi) is 4.53. The number of hydrogen-bond donors (Lipinski definition) is 2. The zero-order chi connectivity index (χ0) is 18.1. The average molecular weight is 371 g/mol. The number of H-pyrrole nitrogens is 1. The lowest BCUT2D eigenvalue weighted by Gasteiger charge is -2.38. The van der Waals surface area contributed by atoms with Crippen molar-refractivity contribution in [2.75, 3.05) is 31.1 Å². The summed E-state index contributed by atoms with van der Waals surface area (Å²) >= 11 is 6.12. The van der Waals surface area contributed by atoms with Gasteiger partial charge >= 0.3 is 5.97 Å². The summed E-state index contributed by atoms with van der Waals surface area (Å²) in [6.07, 6.45) is 3.56. The van der Waals surface area contributed by atoms with Crippen molar-refractivity contribution in [3.63, 3.8) is 0 Å². The molecule has 1 aromatic carbocycles. The highest BCUT2D eigenvalue weighted by atomic mass is 35.5. The van der Waals surface area contributed by atoms with Crippen molar-refractivity contribution in [2.45, 2.75) is 6.04 Å². The Morgan fingerprint density at radius 1 is 1.19 bits per heavy atom. The van der Waals surface area contributed by atoms with E-state index >= 15 is 0 Å². The Labute approximate surface area is 156 Å². The summed E-state index contributed by atoms with van der Waals surface area (Å²) in [5, 5.41) is 11.4. The van der Waals surface area contributed by atoms with Gasteiger partial charge in [0.05, 0.1) is 0 Å². The summed E-state index contributed by atoms with van der Waals surface area (Å²) < 4.78 is 0. The molecule has 0 unspecified atom stereocenters. The van der Waals surface area contributed by atoms with Gasteiger partial charge in [0.1, 0.15) is 11.9 Å². The van der Waals surface area contributed by atoms with E-state index in [0.717, 1.165) is 35.4 Å². The average Bonchev–Trinajstić information content (AvgIpc) is 3.06. The van der Waals surface area contributed by atoms with Gasteiger partial charge in [-0.25, -0.2) is 4.98 Å². The fraction of sp³-hybridized carbons (Fsp3) is 0.263. The Morgan fingerprint density at radius 2 is 2.00 bits per heavy atom. The normalized spacial score (nSPS) is 16.7. The second-order valence-electron chi connectivity index (χ2n) is 6.39. The van der Waals surface area contributed by atoms with Gasteiger partial charge in [-0.1, -0.05) is 17.7 Å². The van der Waals surface area contributed by atoms with Crippen molar-refractivity contribution in [3.8, 4) is 0 Å². The zero-order valence-electron chi connectivity index (χ0n) is 14.1. The van der Waals surface area contributed by atoms with Gasteiger partial charge in [0.25, 0.3) is 0 Å². The Morgan fingerprint density at radius 3 is 2.69 bits per heavy atom. The summed E-state index contributed by atoms with van der Waals surface area (Å²) in [6.45, 7) is 2.79. The first-order chi connectivity index (χ1) is 12.6. The number of benzene rings is 1. The van der Waals surface area contributed by atoms with Gasteiger partial charge < -0.3 is 15.0 Å². The van der Waals surface area contributed by atoms with Crippen LogP contribution in [-0.2, 0) is 4.79 Å². The molecule has 6 nitrogen and oxygen atoms in total. The molecular weight excluding hydrogens is 352 g/mol. The third kappa shape index (κ3) is 3.13. The van der Waals surface area contributed by atoms with Gasteiger partial charge in [-0.3, -0.25) is 9.69 Å². The molecule has 0 amide bonds. The highest BCUT2D eigenvalue weighted by Crippen LogP contribution is 2.31. The fourth-order valence-electron chi connectivity index (χ4n) is 3.58. The lowest BCUT2D eigenvalue weighted by atomic mass is 10.0. The van der Waals surface area contributed by atoms with E-state index in [-0.39, 0.29) is 0 Å². The molecule has 0 bridgehead atoms. The first-order valence-corrected chi connectivity index (χ1v) is 8.90. The first kappa shape index (κ1) is 16.9. The smallest absolute Gasteiger partial charge is 0.325 e. The molecule has 1 aliphatic rings. The van der Waals surface area contributed by atoms with Crippen LogP contribution >= 0.6 is 11.6 Å². The number of aromatic nitrogens is 2. The van der Waals surface area contributed by atoms with E-state index in [4.69, 9.17) is 11.6 Å². The monoisotopic (exact) mass is 370 g/mol. The number of carboxylic acid groups (broad SMARTS) is 1. The summed E-state index contributed by atoms with van der Waals surface area (Å²) in [5.74, 6) is 0.0788. The highest BCUT2D eigenvalue weighted by Gasteiger charge is 2.32. The maximum atomic E-state index is 12.1. The SMILES string of the molecule is O=C(O)[C@@H](c1c[nH]c2ccc(Cl)cc12)N1CCN(c2ccccn2)CC1. The van der Waals surface area contributed by atoms with E-state index in [1.807, 2.05) is 35.2 Å². The minimum absolute atomic E-state index is 0.600. The van der Waals surface area contributed by atoms with Gasteiger partial charge in [0.15, 0.2) is 0 Å². The van der Waals surface area contributed by atoms with Crippen LogP contribution in [-0.4, -0.2) is 52.1 Å². The number of piperazine rings is 1. The maximum Gasteiger partial charge on any atom is 0.325 e. The summed E-state index contributed by atoms with van der Waals surface area (Å²) in [5.41, 5.74) is 1.64. The van der Waals surface area contributed by atoms with Crippen LogP contribution in [0, 0.1) is 0 Å². The number of nitrogens with zero attached hydrogens (tertiary/aromatic N) is 3. The number of aromatic amines is 1. The third-order valence-corrected chi connectivity index (χ3v) is 5.09. The number of carbonyl (C=O) groups is 1. The molecule has 1 atom stereocenters. The maximum absolute atomic E-state index is 12.1. The van der Waals surface area contributed by atoms with Crippen LogP contribution in [0.5, 0.6) is 0 Å². The van der Waals surface area contributed by atoms with Crippen LogP contribution in [0.1, 0.15) is 11.6 Å². The van der Waals surface area contributed by atoms with Crippen molar-refractivity contribution >= 4 is 34.3 Å². The summed E-state index contributed by atoms with van der Waals surface area (Å²) in [7, 11) is 0. The summed E-state index contributed by atoms with van der Waals surface area (Å²) in [4.78, 5) is 23.8. The van der Waals surface area contributed by atoms with Gasteiger partial charge in [0.2, 0.25) is 0 Å². The van der Waals surface area contributed by atoms with E-state index in [1.165, 1.54) is 0 Å². The topological polar surface area (TPSA) is 72.5 Å². The first-order valence-electron chi connectivity index (χ1n) is 8.53. The lowest BCUT2D eigenvalue weighted by molar-refractivity contribution is -0.143. The molecule has 1 aliphatic heterocycles. The van der Waals surface area contributed by atoms with Crippen LogP contribution in [0.4, 0.5) is 5.82 Å². The van der Waals surface area contributed by atoms with Gasteiger partial charge in [-0.05, 0) is 30.3 Å². The number of fused-ring (bicyclic) bond motifs is 1. The number of nitrogens with one attached hydrogen (secondary N) is 1. The van der Waals surface area contributed by atoms with Crippen molar-refractivity contribution < 1.29 is 9.90 Å². The van der Waals surface area contributed by atoms with Gasteiger partial charge in [0, 0.05) is 60.1 Å². The van der Waals surface area contributed by atoms with Gasteiger partial charge in [-0.15, -0.1) is 0 Å². The van der Waals surface area contributed by atoms with Crippen LogP contribution in [0.15, 0.2) is 48.8 Å². The third-order valence-electron chi connectivity index (χ3n) is 4.86. The van der Waals surface area contributed by atoms with E-state index in [0.29, 0.717) is 18.1 Å². The van der Waals surface area contributed by atoms with E-state index < -0.39 is 12.0 Å². The molecule has 1 saturated heterocycles. The predicted octanol–water partition coefficient (Wildman–Crippen LogP) is 3.16. The summed E-state index contributed by atoms with van der Waals surface area (Å²) in [6, 6.07) is 10.6. The van der Waals surface area contributed by atoms with Crippen molar-refractivity contribution in [1.29, 1.82) is 0 Å². The number of pyridine rings is 1. The second kappa shape index (κ2) is 6.97. The Bertz CT molecular complexity index is 920. The molecule has 3 aromatic rings. The fourth-order valence-corrected chi connectivity index (χ4v) is 3.75. The molecule has 0 radical (unpaired) electrons. The van der Waals surface area contributed by atoms with Crippen molar-refractivity contribution in [2.24, 2.45) is 0 Å². The predicted molar refractivity (Wildman–Crippen MR) is 102 cm³/mol. The number of aliphatic carboxylic acids is 1. The molecule has 3 heterocycles. The van der Waals surface area contributed by atoms with E-state index in [1.54, 1.807) is 18.5 Å². The lowest BCUT2D eigenvalue weighted by Crippen LogP contribution is -2.49. The molecular formula is C19H19ClN4O2. The second-order valence-corrected chi connectivity index (χ2v) is 6.82. The number of halogens is 1. The molecule has 2 N–H and O–H groups in total. The minimum atomic E-state index is -0.850. The van der Waals surface area contributed by atoms with E-state index in [2.05, 4.69) is 14.9 Å². The van der Waals surface area contributed by atoms with Gasteiger partial charge in [-0.2, -0.15) is 0 Å². The number of hydrogen-bond acceptors (Lipinski definition) is 4. The van der Waals surface area contributed by atoms with Crippen LogP contribution < -0.4 is 4.90 Å². The minimum Gasteiger partial charge on any atom is -0.480 e. The number of anilines is 1. The van der Waals surface area contributed by atoms with Crippen LogP contribution in [0.3, 0.4) is 0 Å². The molecule has 1 fully saturated rings. The molecule has 0 aliphatic carbocycles. The molecule has 4 rings (SSSR count).